The van der Waals surface area contributed by atoms with Crippen LogP contribution in [0.5, 0.6) is 0 Å². The highest BCUT2D eigenvalue weighted by molar-refractivity contribution is 5.25. The maximum atomic E-state index is 5.76. The van der Waals surface area contributed by atoms with Gasteiger partial charge in [0, 0.05) is 25.7 Å². The van der Waals surface area contributed by atoms with Gasteiger partial charge < -0.3 is 5.73 Å². The van der Waals surface area contributed by atoms with Crippen LogP contribution in [-0.2, 0) is 6.54 Å². The van der Waals surface area contributed by atoms with Gasteiger partial charge >= 0.3 is 0 Å². The highest BCUT2D eigenvalue weighted by Gasteiger charge is 2.20. The molecule has 1 fully saturated rings. The molecule has 3 heteroatoms. The Bertz CT molecular complexity index is 419. The Morgan fingerprint density at radius 1 is 1.14 bits per heavy atom. The molecule has 1 aromatic rings. The molecule has 1 aliphatic heterocycles. The fraction of sp³-hybridized carbons (Fsp3) is 0.667. The predicted molar refractivity (Wildman–Crippen MR) is 90.4 cm³/mol. The summed E-state index contributed by atoms with van der Waals surface area (Å²) in [4.78, 5) is 5.27. The van der Waals surface area contributed by atoms with E-state index in [4.69, 9.17) is 5.73 Å². The topological polar surface area (TPSA) is 32.5 Å². The van der Waals surface area contributed by atoms with Gasteiger partial charge in [0.2, 0.25) is 0 Å². The quantitative estimate of drug-likeness (QED) is 0.874. The Morgan fingerprint density at radius 3 is 2.67 bits per heavy atom. The maximum Gasteiger partial charge on any atom is 0.0236 e. The molecular formula is C18H31N3. The van der Waals surface area contributed by atoms with Crippen LogP contribution in [0.2, 0.25) is 0 Å². The van der Waals surface area contributed by atoms with Gasteiger partial charge in [-0.25, -0.2) is 0 Å². The molecule has 2 N–H and O–H groups in total. The Morgan fingerprint density at radius 2 is 1.95 bits per heavy atom. The molecule has 0 saturated carbocycles. The first-order chi connectivity index (χ1) is 10.2. The molecule has 0 aliphatic carbocycles. The van der Waals surface area contributed by atoms with Gasteiger partial charge in [0.05, 0.1) is 0 Å². The third kappa shape index (κ3) is 4.80. The van der Waals surface area contributed by atoms with Gasteiger partial charge in [-0.3, -0.25) is 9.80 Å². The molecule has 3 nitrogen and oxygen atoms in total. The summed E-state index contributed by atoms with van der Waals surface area (Å²) in [7, 11) is 0. The molecule has 0 bridgehead atoms. The summed E-state index contributed by atoms with van der Waals surface area (Å²) in [6, 6.07) is 9.44. The minimum atomic E-state index is 0.674. The largest absolute Gasteiger partial charge is 0.330 e. The van der Waals surface area contributed by atoms with Crippen LogP contribution in [0.15, 0.2) is 24.3 Å². The van der Waals surface area contributed by atoms with Crippen molar-refractivity contribution in [1.82, 2.24) is 9.80 Å². The van der Waals surface area contributed by atoms with Gasteiger partial charge in [0.1, 0.15) is 0 Å². The minimum Gasteiger partial charge on any atom is -0.330 e. The summed E-state index contributed by atoms with van der Waals surface area (Å²) < 4.78 is 0. The first kappa shape index (κ1) is 16.5. The molecule has 1 unspecified atom stereocenters. The second kappa shape index (κ2) is 8.52. The molecule has 1 atom stereocenters. The standard InChI is InChI=1S/C18H31N3/c1-3-18(9-10-19)21-12-6-11-20(13-14-21)15-17-8-5-4-7-16(17)2/h4-5,7-8,18H,3,6,9-15,19H2,1-2H3. The van der Waals surface area contributed by atoms with Crippen molar-refractivity contribution in [3.05, 3.63) is 35.4 Å². The van der Waals surface area contributed by atoms with Crippen LogP contribution in [0.3, 0.4) is 0 Å². The molecule has 0 radical (unpaired) electrons. The van der Waals surface area contributed by atoms with E-state index in [9.17, 15) is 0 Å². The second-order valence-corrected chi connectivity index (χ2v) is 6.23. The summed E-state index contributed by atoms with van der Waals surface area (Å²) in [5.41, 5.74) is 8.64. The molecule has 0 spiro atoms. The van der Waals surface area contributed by atoms with Gasteiger partial charge in [0.25, 0.3) is 0 Å². The molecule has 21 heavy (non-hydrogen) atoms. The van der Waals surface area contributed by atoms with Crippen LogP contribution in [0, 0.1) is 6.92 Å². The Hall–Kier alpha value is -0.900. The summed E-state index contributed by atoms with van der Waals surface area (Å²) in [5.74, 6) is 0. The molecule has 1 aliphatic rings. The zero-order valence-corrected chi connectivity index (χ0v) is 13.7. The van der Waals surface area contributed by atoms with E-state index in [-0.39, 0.29) is 0 Å². The maximum absolute atomic E-state index is 5.76. The molecule has 1 aromatic carbocycles. The Balaban J connectivity index is 1.90. The van der Waals surface area contributed by atoms with Crippen LogP contribution < -0.4 is 5.73 Å². The van der Waals surface area contributed by atoms with Gasteiger partial charge in [-0.2, -0.15) is 0 Å². The highest BCUT2D eigenvalue weighted by Crippen LogP contribution is 2.15. The molecule has 2 rings (SSSR count). The summed E-state index contributed by atoms with van der Waals surface area (Å²) in [6.45, 7) is 11.2. The van der Waals surface area contributed by atoms with Crippen LogP contribution in [0.1, 0.15) is 37.3 Å². The SMILES string of the molecule is CCC(CCN)N1CCCN(Cc2ccccc2C)CC1. The molecule has 1 heterocycles. The zero-order chi connectivity index (χ0) is 15.1. The van der Waals surface area contributed by atoms with Crippen molar-refractivity contribution in [2.45, 2.75) is 45.7 Å². The fourth-order valence-corrected chi connectivity index (χ4v) is 3.38. The summed E-state index contributed by atoms with van der Waals surface area (Å²) >= 11 is 0. The van der Waals surface area contributed by atoms with Gasteiger partial charge in [0.15, 0.2) is 0 Å². The van der Waals surface area contributed by atoms with Crippen molar-refractivity contribution in [3.63, 3.8) is 0 Å². The van der Waals surface area contributed by atoms with E-state index in [1.54, 1.807) is 0 Å². The molecule has 0 amide bonds. The van der Waals surface area contributed by atoms with E-state index < -0.39 is 0 Å². The minimum absolute atomic E-state index is 0.674. The summed E-state index contributed by atoms with van der Waals surface area (Å²) in [5, 5.41) is 0. The van der Waals surface area contributed by atoms with Crippen molar-refractivity contribution >= 4 is 0 Å². The van der Waals surface area contributed by atoms with Crippen LogP contribution in [0.4, 0.5) is 0 Å². The van der Waals surface area contributed by atoms with Crippen molar-refractivity contribution in [2.75, 3.05) is 32.7 Å². The van der Waals surface area contributed by atoms with Crippen LogP contribution in [0.25, 0.3) is 0 Å². The molecule has 1 saturated heterocycles. The van der Waals surface area contributed by atoms with E-state index in [1.807, 2.05) is 0 Å². The average molecular weight is 289 g/mol. The third-order valence-corrected chi connectivity index (χ3v) is 4.77. The van der Waals surface area contributed by atoms with Gasteiger partial charge in [-0.1, -0.05) is 31.2 Å². The zero-order valence-electron chi connectivity index (χ0n) is 13.7. The lowest BCUT2D eigenvalue weighted by atomic mass is 10.1. The summed E-state index contributed by atoms with van der Waals surface area (Å²) in [6.07, 6.45) is 3.62. The lowest BCUT2D eigenvalue weighted by molar-refractivity contribution is 0.184. The lowest BCUT2D eigenvalue weighted by Gasteiger charge is -2.29. The lowest BCUT2D eigenvalue weighted by Crippen LogP contribution is -2.39. The molecule has 0 aromatic heterocycles. The van der Waals surface area contributed by atoms with Crippen molar-refractivity contribution in [3.8, 4) is 0 Å². The molecule has 118 valence electrons. The Kier molecular flexibility index (Phi) is 6.68. The number of benzene rings is 1. The van der Waals surface area contributed by atoms with E-state index in [0.29, 0.717) is 6.04 Å². The number of hydrogen-bond acceptors (Lipinski definition) is 3. The van der Waals surface area contributed by atoms with Gasteiger partial charge in [-0.15, -0.1) is 0 Å². The van der Waals surface area contributed by atoms with Gasteiger partial charge in [-0.05, 0) is 56.9 Å². The van der Waals surface area contributed by atoms with Crippen molar-refractivity contribution in [1.29, 1.82) is 0 Å². The highest BCUT2D eigenvalue weighted by atomic mass is 15.2. The Labute approximate surface area is 130 Å². The smallest absolute Gasteiger partial charge is 0.0236 e. The predicted octanol–water partition coefficient (Wildman–Crippen LogP) is 2.63. The number of nitrogens with two attached hydrogens (primary N) is 1. The number of hydrogen-bond donors (Lipinski definition) is 1. The second-order valence-electron chi connectivity index (χ2n) is 6.23. The fourth-order valence-electron chi connectivity index (χ4n) is 3.38. The normalized spacial score (nSPS) is 19.4. The molecular weight excluding hydrogens is 258 g/mol. The third-order valence-electron chi connectivity index (χ3n) is 4.77. The van der Waals surface area contributed by atoms with Crippen molar-refractivity contribution in [2.24, 2.45) is 5.73 Å². The monoisotopic (exact) mass is 289 g/mol. The first-order valence-corrected chi connectivity index (χ1v) is 8.45. The number of rotatable bonds is 6. The van der Waals surface area contributed by atoms with E-state index in [2.05, 4.69) is 47.9 Å². The van der Waals surface area contributed by atoms with Crippen LogP contribution in [-0.4, -0.2) is 48.6 Å². The van der Waals surface area contributed by atoms with E-state index >= 15 is 0 Å². The number of aryl methyl sites for hydroxylation is 1. The first-order valence-electron chi connectivity index (χ1n) is 8.45. The average Bonchev–Trinajstić information content (AvgIpc) is 2.73. The van der Waals surface area contributed by atoms with E-state index in [0.717, 1.165) is 19.5 Å². The number of nitrogens with zero attached hydrogens (tertiary/aromatic N) is 2. The van der Waals surface area contributed by atoms with E-state index in [1.165, 1.54) is 50.1 Å². The van der Waals surface area contributed by atoms with Crippen molar-refractivity contribution < 1.29 is 0 Å². The van der Waals surface area contributed by atoms with Crippen LogP contribution >= 0.6 is 0 Å².